The molecular formula is C14H19N3O. The third-order valence-electron chi connectivity index (χ3n) is 2.76. The van der Waals surface area contributed by atoms with Crippen LogP contribution >= 0.6 is 0 Å². The van der Waals surface area contributed by atoms with Crippen LogP contribution in [0.5, 0.6) is 0 Å². The van der Waals surface area contributed by atoms with E-state index in [1.807, 2.05) is 13.1 Å². The molecule has 18 heavy (non-hydrogen) atoms. The van der Waals surface area contributed by atoms with Crippen LogP contribution < -0.4 is 10.2 Å². The smallest absolute Gasteiger partial charge is 0.302 e. The second kappa shape index (κ2) is 5.69. The second-order valence-corrected chi connectivity index (χ2v) is 4.24. The first kappa shape index (κ1) is 12.6. The number of anilines is 2. The third kappa shape index (κ3) is 2.71. The van der Waals surface area contributed by atoms with E-state index in [1.165, 1.54) is 5.56 Å². The molecule has 4 heteroatoms. The highest BCUT2D eigenvalue weighted by atomic mass is 16.4. The lowest BCUT2D eigenvalue weighted by atomic mass is 10.2. The summed E-state index contributed by atoms with van der Waals surface area (Å²) in [6.45, 7) is 5.71. The Morgan fingerprint density at radius 3 is 2.89 bits per heavy atom. The van der Waals surface area contributed by atoms with E-state index in [0.29, 0.717) is 6.01 Å². The molecule has 0 amide bonds. The Kier molecular flexibility index (Phi) is 3.99. The van der Waals surface area contributed by atoms with E-state index in [-0.39, 0.29) is 0 Å². The number of oxazole rings is 1. The lowest BCUT2D eigenvalue weighted by Crippen LogP contribution is -2.16. The molecule has 2 rings (SSSR count). The Morgan fingerprint density at radius 2 is 2.22 bits per heavy atom. The zero-order valence-corrected chi connectivity index (χ0v) is 11.1. The summed E-state index contributed by atoms with van der Waals surface area (Å²) in [6.07, 6.45) is 1.70. The number of nitrogens with zero attached hydrogens (tertiary/aromatic N) is 2. The Morgan fingerprint density at radius 1 is 1.39 bits per heavy atom. The first-order valence-corrected chi connectivity index (χ1v) is 6.17. The van der Waals surface area contributed by atoms with Crippen LogP contribution in [-0.2, 0) is 6.54 Å². The van der Waals surface area contributed by atoms with Gasteiger partial charge in [-0.2, -0.15) is 4.98 Å². The topological polar surface area (TPSA) is 41.3 Å². The summed E-state index contributed by atoms with van der Waals surface area (Å²) in [4.78, 5) is 6.54. The van der Waals surface area contributed by atoms with E-state index in [9.17, 15) is 0 Å². The summed E-state index contributed by atoms with van der Waals surface area (Å²) in [5, 5.41) is 3.06. The molecule has 0 aliphatic heterocycles. The van der Waals surface area contributed by atoms with E-state index in [0.717, 1.165) is 24.5 Å². The maximum atomic E-state index is 5.54. The molecule has 0 atom stereocenters. The Labute approximate surface area is 108 Å². The van der Waals surface area contributed by atoms with Gasteiger partial charge in [0.2, 0.25) is 0 Å². The maximum absolute atomic E-state index is 5.54. The predicted octanol–water partition coefficient (Wildman–Crippen LogP) is 2.86. The monoisotopic (exact) mass is 245 g/mol. The molecular weight excluding hydrogens is 226 g/mol. The van der Waals surface area contributed by atoms with Crippen LogP contribution in [0.15, 0.2) is 34.9 Å². The summed E-state index contributed by atoms with van der Waals surface area (Å²) in [7, 11) is 1.90. The molecule has 0 saturated heterocycles. The average Bonchev–Trinajstić information content (AvgIpc) is 2.79. The molecule has 0 aliphatic carbocycles. The molecule has 0 aliphatic rings. The molecule has 0 unspecified atom stereocenters. The fraction of sp³-hybridized carbons (Fsp3) is 0.357. The zero-order valence-electron chi connectivity index (χ0n) is 11.1. The summed E-state index contributed by atoms with van der Waals surface area (Å²) in [6, 6.07) is 8.97. The minimum Gasteiger partial charge on any atom is -0.431 e. The standard InChI is InChI=1S/C14H19N3O/c1-4-17(13-7-5-6-11(2)8-13)14-16-12(9-15-3)10-18-14/h5-8,10,15H,4,9H2,1-3H3. The molecule has 1 N–H and O–H groups in total. The van der Waals surface area contributed by atoms with Crippen LogP contribution in [0.3, 0.4) is 0 Å². The van der Waals surface area contributed by atoms with Crippen molar-refractivity contribution in [1.82, 2.24) is 10.3 Å². The molecule has 1 heterocycles. The van der Waals surface area contributed by atoms with Crippen molar-refractivity contribution in [2.75, 3.05) is 18.5 Å². The largest absolute Gasteiger partial charge is 0.431 e. The predicted molar refractivity (Wildman–Crippen MR) is 73.1 cm³/mol. The van der Waals surface area contributed by atoms with Crippen LogP contribution in [0, 0.1) is 6.92 Å². The quantitative estimate of drug-likeness (QED) is 0.879. The molecule has 0 saturated carbocycles. The van der Waals surface area contributed by atoms with Crippen molar-refractivity contribution in [1.29, 1.82) is 0 Å². The van der Waals surface area contributed by atoms with Crippen LogP contribution in [0.2, 0.25) is 0 Å². The maximum Gasteiger partial charge on any atom is 0.302 e. The molecule has 0 radical (unpaired) electrons. The van der Waals surface area contributed by atoms with E-state index in [1.54, 1.807) is 6.26 Å². The van der Waals surface area contributed by atoms with Gasteiger partial charge in [0, 0.05) is 18.8 Å². The van der Waals surface area contributed by atoms with Crippen LogP contribution in [0.25, 0.3) is 0 Å². The third-order valence-corrected chi connectivity index (χ3v) is 2.76. The van der Waals surface area contributed by atoms with Crippen molar-refractivity contribution < 1.29 is 4.42 Å². The van der Waals surface area contributed by atoms with E-state index >= 15 is 0 Å². The number of benzene rings is 1. The lowest BCUT2D eigenvalue weighted by molar-refractivity contribution is 0.553. The number of aryl methyl sites for hydroxylation is 1. The molecule has 0 bridgehead atoms. The minimum atomic E-state index is 0.647. The number of hydrogen-bond donors (Lipinski definition) is 1. The van der Waals surface area contributed by atoms with E-state index in [4.69, 9.17) is 4.42 Å². The number of rotatable bonds is 5. The lowest BCUT2D eigenvalue weighted by Gasteiger charge is -2.18. The van der Waals surface area contributed by atoms with Crippen molar-refractivity contribution in [3.05, 3.63) is 41.8 Å². The van der Waals surface area contributed by atoms with Gasteiger partial charge in [-0.1, -0.05) is 12.1 Å². The van der Waals surface area contributed by atoms with Crippen LogP contribution in [0.4, 0.5) is 11.7 Å². The molecule has 2 aromatic rings. The summed E-state index contributed by atoms with van der Waals surface area (Å²) < 4.78 is 5.54. The fourth-order valence-corrected chi connectivity index (χ4v) is 1.91. The number of aromatic nitrogens is 1. The first-order chi connectivity index (χ1) is 8.74. The average molecular weight is 245 g/mol. The van der Waals surface area contributed by atoms with Crippen molar-refractivity contribution >= 4 is 11.7 Å². The minimum absolute atomic E-state index is 0.647. The van der Waals surface area contributed by atoms with E-state index < -0.39 is 0 Å². The highest BCUT2D eigenvalue weighted by Crippen LogP contribution is 2.24. The fourth-order valence-electron chi connectivity index (χ4n) is 1.91. The molecule has 96 valence electrons. The Bertz CT molecular complexity index is 507. The van der Waals surface area contributed by atoms with Crippen molar-refractivity contribution in [3.8, 4) is 0 Å². The van der Waals surface area contributed by atoms with Crippen molar-refractivity contribution in [2.24, 2.45) is 0 Å². The SMILES string of the molecule is CCN(c1cccc(C)c1)c1nc(CNC)co1. The molecule has 1 aromatic heterocycles. The van der Waals surface area contributed by atoms with Gasteiger partial charge in [0.05, 0.1) is 5.69 Å². The highest BCUT2D eigenvalue weighted by molar-refractivity contribution is 5.57. The van der Waals surface area contributed by atoms with Gasteiger partial charge in [0.15, 0.2) is 0 Å². The molecule has 0 spiro atoms. The summed E-state index contributed by atoms with van der Waals surface area (Å²) >= 11 is 0. The van der Waals surface area contributed by atoms with Crippen LogP contribution in [-0.4, -0.2) is 18.6 Å². The van der Waals surface area contributed by atoms with Gasteiger partial charge in [-0.05, 0) is 38.6 Å². The number of nitrogens with one attached hydrogen (secondary N) is 1. The molecule has 4 nitrogen and oxygen atoms in total. The summed E-state index contributed by atoms with van der Waals surface area (Å²) in [5.74, 6) is 0. The number of hydrogen-bond acceptors (Lipinski definition) is 4. The normalized spacial score (nSPS) is 10.6. The zero-order chi connectivity index (χ0) is 13.0. The second-order valence-electron chi connectivity index (χ2n) is 4.24. The summed E-state index contributed by atoms with van der Waals surface area (Å²) in [5.41, 5.74) is 3.25. The Balaban J connectivity index is 2.27. The first-order valence-electron chi connectivity index (χ1n) is 6.17. The van der Waals surface area contributed by atoms with Crippen molar-refractivity contribution in [3.63, 3.8) is 0 Å². The Hall–Kier alpha value is -1.81. The highest BCUT2D eigenvalue weighted by Gasteiger charge is 2.13. The molecule has 0 fully saturated rings. The van der Waals surface area contributed by atoms with E-state index in [2.05, 4.69) is 47.2 Å². The van der Waals surface area contributed by atoms with Gasteiger partial charge < -0.3 is 9.73 Å². The van der Waals surface area contributed by atoms with Gasteiger partial charge in [0.25, 0.3) is 0 Å². The molecule has 1 aromatic carbocycles. The van der Waals surface area contributed by atoms with Crippen molar-refractivity contribution in [2.45, 2.75) is 20.4 Å². The van der Waals surface area contributed by atoms with Gasteiger partial charge >= 0.3 is 6.01 Å². The van der Waals surface area contributed by atoms with Gasteiger partial charge in [-0.3, -0.25) is 4.90 Å². The van der Waals surface area contributed by atoms with Gasteiger partial charge in [0.1, 0.15) is 6.26 Å². The van der Waals surface area contributed by atoms with Gasteiger partial charge in [-0.25, -0.2) is 0 Å². The van der Waals surface area contributed by atoms with Crippen LogP contribution in [0.1, 0.15) is 18.2 Å². The van der Waals surface area contributed by atoms with Gasteiger partial charge in [-0.15, -0.1) is 0 Å².